The van der Waals surface area contributed by atoms with Crippen LogP contribution in [0.5, 0.6) is 0 Å². The maximum atomic E-state index is 13.4. The van der Waals surface area contributed by atoms with Crippen molar-refractivity contribution in [1.29, 1.82) is 0 Å². The molecule has 3 aliphatic rings. The van der Waals surface area contributed by atoms with Crippen molar-refractivity contribution in [1.82, 2.24) is 25.2 Å². The second-order valence-corrected chi connectivity index (χ2v) is 12.2. The van der Waals surface area contributed by atoms with Crippen molar-refractivity contribution in [2.75, 3.05) is 32.7 Å². The lowest BCUT2D eigenvalue weighted by Crippen LogP contribution is -2.51. The molecule has 0 N–H and O–H groups in total. The third kappa shape index (κ3) is 6.17. The summed E-state index contributed by atoms with van der Waals surface area (Å²) in [5.41, 5.74) is 2.59. The minimum absolute atomic E-state index is 0.00157. The number of aromatic nitrogens is 2. The van der Waals surface area contributed by atoms with E-state index in [0.717, 1.165) is 49.7 Å². The monoisotopic (exact) mass is 587 g/mol. The molecule has 0 spiro atoms. The first-order valence-electron chi connectivity index (χ1n) is 15.5. The van der Waals surface area contributed by atoms with Crippen LogP contribution in [0.3, 0.4) is 0 Å². The van der Waals surface area contributed by atoms with Gasteiger partial charge < -0.3 is 14.5 Å². The van der Waals surface area contributed by atoms with E-state index in [0.29, 0.717) is 43.8 Å². The summed E-state index contributed by atoms with van der Waals surface area (Å²) in [6, 6.07) is 15.8. The standard InChI is InChI=1S/C33H41N5O5/c1-3-17-38(32(40)41-22-25-13-14-29-30(20-25)35-43-34-29)28-15-18-37(19-16-28)42-33(27-11-5-4-6-12-27)23-36(21-24(33)2)31(39)26-9-7-8-10-26/h3-6,11-14,20,24,26,28H,1,7-10,15-19,21-23H2,2H3/t24-,33+/m0/s1. The molecule has 2 saturated heterocycles. The van der Waals surface area contributed by atoms with E-state index in [4.69, 9.17) is 14.2 Å². The third-order valence-electron chi connectivity index (χ3n) is 9.39. The van der Waals surface area contributed by atoms with E-state index in [2.05, 4.69) is 35.9 Å². The van der Waals surface area contributed by atoms with Gasteiger partial charge in [-0.25, -0.2) is 9.42 Å². The molecule has 0 unspecified atom stereocenters. The number of nitrogens with zero attached hydrogens (tertiary/aromatic N) is 5. The van der Waals surface area contributed by atoms with E-state index in [-0.39, 0.29) is 36.5 Å². The minimum Gasteiger partial charge on any atom is -0.445 e. The quantitative estimate of drug-likeness (QED) is 0.311. The minimum atomic E-state index is -0.609. The number of rotatable bonds is 9. The number of fused-ring (bicyclic) bond motifs is 1. The van der Waals surface area contributed by atoms with Gasteiger partial charge in [-0.15, -0.1) is 6.58 Å². The SMILES string of the molecule is C=CCN(C(=O)OCc1ccc2nonc2c1)C1CCN(O[C@]2(c3ccccc3)CN(C(=O)C3CCCC3)C[C@@H]2C)CC1. The Balaban J connectivity index is 1.10. The van der Waals surface area contributed by atoms with Gasteiger partial charge in [-0.2, -0.15) is 5.06 Å². The van der Waals surface area contributed by atoms with Gasteiger partial charge in [0.25, 0.3) is 0 Å². The van der Waals surface area contributed by atoms with Crippen LogP contribution in [0.25, 0.3) is 11.0 Å². The molecule has 0 radical (unpaired) electrons. The van der Waals surface area contributed by atoms with Gasteiger partial charge in [0.15, 0.2) is 0 Å². The Kier molecular flexibility index (Phi) is 8.76. The van der Waals surface area contributed by atoms with Crippen LogP contribution in [-0.2, 0) is 26.6 Å². The summed E-state index contributed by atoms with van der Waals surface area (Å²) in [5, 5.41) is 9.72. The number of likely N-dealkylation sites (tertiary alicyclic amines) is 1. The van der Waals surface area contributed by atoms with E-state index in [9.17, 15) is 9.59 Å². The fourth-order valence-electron chi connectivity index (χ4n) is 6.98. The number of hydrogen-bond donors (Lipinski definition) is 0. The molecule has 2 amide bonds. The van der Waals surface area contributed by atoms with Crippen molar-refractivity contribution >= 4 is 23.0 Å². The predicted octanol–water partition coefficient (Wildman–Crippen LogP) is 5.31. The summed E-state index contributed by atoms with van der Waals surface area (Å²) in [6.07, 6.45) is 7.11. The summed E-state index contributed by atoms with van der Waals surface area (Å²) in [4.78, 5) is 37.3. The van der Waals surface area contributed by atoms with Gasteiger partial charge in [0.2, 0.25) is 5.91 Å². The van der Waals surface area contributed by atoms with Crippen molar-refractivity contribution in [2.45, 2.75) is 63.7 Å². The van der Waals surface area contributed by atoms with Crippen molar-refractivity contribution < 1.29 is 23.8 Å². The van der Waals surface area contributed by atoms with Gasteiger partial charge in [-0.3, -0.25) is 9.63 Å². The molecule has 0 bridgehead atoms. The van der Waals surface area contributed by atoms with Crippen LogP contribution >= 0.6 is 0 Å². The lowest BCUT2D eigenvalue weighted by atomic mass is 9.85. The van der Waals surface area contributed by atoms with E-state index in [1.807, 2.05) is 40.3 Å². The third-order valence-corrected chi connectivity index (χ3v) is 9.39. The average Bonchev–Trinajstić information content (AvgIpc) is 3.80. The fraction of sp³-hybridized carbons (Fsp3) is 0.515. The van der Waals surface area contributed by atoms with Crippen molar-refractivity contribution in [3.63, 3.8) is 0 Å². The van der Waals surface area contributed by atoms with Crippen LogP contribution in [0.1, 0.15) is 56.6 Å². The number of amides is 2. The van der Waals surface area contributed by atoms with E-state index >= 15 is 0 Å². The Labute approximate surface area is 252 Å². The molecule has 2 aliphatic heterocycles. The molecule has 3 fully saturated rings. The number of hydrogen-bond acceptors (Lipinski definition) is 8. The topological polar surface area (TPSA) is 101 Å². The first-order chi connectivity index (χ1) is 21.0. The molecule has 1 aliphatic carbocycles. The molecule has 1 saturated carbocycles. The molecule has 3 heterocycles. The van der Waals surface area contributed by atoms with Crippen LogP contribution in [0.15, 0.2) is 65.8 Å². The lowest BCUT2D eigenvalue weighted by Gasteiger charge is -2.42. The Hall–Kier alpha value is -3.76. The second-order valence-electron chi connectivity index (χ2n) is 12.2. The van der Waals surface area contributed by atoms with Crippen LogP contribution in [0.2, 0.25) is 0 Å². The summed E-state index contributed by atoms with van der Waals surface area (Å²) < 4.78 is 10.5. The molecular formula is C33H41N5O5. The number of hydroxylamine groups is 2. The number of benzene rings is 2. The summed E-state index contributed by atoms with van der Waals surface area (Å²) in [5.74, 6) is 0.561. The summed E-state index contributed by atoms with van der Waals surface area (Å²) in [6.45, 7) is 9.17. The van der Waals surface area contributed by atoms with Gasteiger partial charge in [0.05, 0.1) is 6.54 Å². The molecule has 2 aromatic carbocycles. The smallest absolute Gasteiger partial charge is 0.410 e. The number of ether oxygens (including phenoxy) is 1. The van der Waals surface area contributed by atoms with Crippen LogP contribution in [-0.4, -0.2) is 75.9 Å². The molecule has 2 atom stereocenters. The maximum Gasteiger partial charge on any atom is 0.410 e. The Morgan fingerprint density at radius 3 is 2.56 bits per heavy atom. The molecular weight excluding hydrogens is 546 g/mol. The van der Waals surface area contributed by atoms with Crippen molar-refractivity contribution in [3.8, 4) is 0 Å². The number of carbonyl (C=O) groups excluding carboxylic acids is 2. The van der Waals surface area contributed by atoms with Gasteiger partial charge in [-0.1, -0.05) is 62.2 Å². The second kappa shape index (κ2) is 12.9. The number of piperidine rings is 1. The molecule has 228 valence electrons. The highest BCUT2D eigenvalue weighted by Crippen LogP contribution is 2.43. The maximum absolute atomic E-state index is 13.4. The Bertz CT molecular complexity index is 1420. The Morgan fingerprint density at radius 1 is 1.07 bits per heavy atom. The van der Waals surface area contributed by atoms with Crippen LogP contribution in [0, 0.1) is 11.8 Å². The molecule has 3 aromatic rings. The van der Waals surface area contributed by atoms with Gasteiger partial charge in [0, 0.05) is 44.1 Å². The van der Waals surface area contributed by atoms with Crippen molar-refractivity contribution in [2.24, 2.45) is 11.8 Å². The molecule has 6 rings (SSSR count). The summed E-state index contributed by atoms with van der Waals surface area (Å²) in [7, 11) is 0. The molecule has 10 nitrogen and oxygen atoms in total. The van der Waals surface area contributed by atoms with Gasteiger partial charge in [-0.05, 0) is 59.3 Å². The van der Waals surface area contributed by atoms with Gasteiger partial charge in [0.1, 0.15) is 23.2 Å². The molecule has 43 heavy (non-hydrogen) atoms. The highest BCUT2D eigenvalue weighted by atomic mass is 16.7. The summed E-state index contributed by atoms with van der Waals surface area (Å²) >= 11 is 0. The van der Waals surface area contributed by atoms with Crippen LogP contribution in [0.4, 0.5) is 4.79 Å². The normalized spacial score (nSPS) is 23.6. The largest absolute Gasteiger partial charge is 0.445 e. The molecule has 1 aromatic heterocycles. The van der Waals surface area contributed by atoms with E-state index < -0.39 is 5.60 Å². The highest BCUT2D eigenvalue weighted by Gasteiger charge is 2.51. The fourth-order valence-corrected chi connectivity index (χ4v) is 6.98. The molecule has 10 heteroatoms. The Morgan fingerprint density at radius 2 is 1.81 bits per heavy atom. The lowest BCUT2D eigenvalue weighted by molar-refractivity contribution is -0.268. The van der Waals surface area contributed by atoms with Gasteiger partial charge >= 0.3 is 6.09 Å². The highest BCUT2D eigenvalue weighted by molar-refractivity contribution is 5.79. The van der Waals surface area contributed by atoms with E-state index in [1.54, 1.807) is 17.0 Å². The first-order valence-corrected chi connectivity index (χ1v) is 15.5. The number of carbonyl (C=O) groups is 2. The van der Waals surface area contributed by atoms with E-state index in [1.165, 1.54) is 0 Å². The zero-order chi connectivity index (χ0) is 29.8. The van der Waals surface area contributed by atoms with Crippen LogP contribution < -0.4 is 0 Å². The zero-order valence-corrected chi connectivity index (χ0v) is 24.9. The average molecular weight is 588 g/mol. The first kappa shape index (κ1) is 29.3. The van der Waals surface area contributed by atoms with Crippen molar-refractivity contribution in [3.05, 3.63) is 72.3 Å². The predicted molar refractivity (Wildman–Crippen MR) is 160 cm³/mol. The zero-order valence-electron chi connectivity index (χ0n) is 24.9.